The highest BCUT2D eigenvalue weighted by molar-refractivity contribution is 5.91. The molecule has 0 aromatic heterocycles. The van der Waals surface area contributed by atoms with Crippen molar-refractivity contribution in [2.45, 2.75) is 33.6 Å². The van der Waals surface area contributed by atoms with E-state index in [9.17, 15) is 4.79 Å². The molecule has 0 rings (SSSR count). The summed E-state index contributed by atoms with van der Waals surface area (Å²) >= 11 is 0. The van der Waals surface area contributed by atoms with Crippen molar-refractivity contribution in [1.29, 1.82) is 0 Å². The van der Waals surface area contributed by atoms with Crippen molar-refractivity contribution in [1.82, 2.24) is 10.6 Å². The van der Waals surface area contributed by atoms with Gasteiger partial charge in [0.1, 0.15) is 0 Å². The maximum atomic E-state index is 11.1. The topological polar surface area (TPSA) is 41.1 Å². The molecule has 17 heavy (non-hydrogen) atoms. The van der Waals surface area contributed by atoms with Gasteiger partial charge in [-0.05, 0) is 33.6 Å². The third-order valence-corrected chi connectivity index (χ3v) is 2.36. The average Bonchev–Trinajstić information content (AvgIpc) is 2.27. The van der Waals surface area contributed by atoms with Crippen LogP contribution in [0.2, 0.25) is 0 Å². The molecule has 0 heterocycles. The Balaban J connectivity index is 3.88. The van der Waals surface area contributed by atoms with Crippen LogP contribution >= 0.6 is 0 Å². The van der Waals surface area contributed by atoms with Gasteiger partial charge in [0, 0.05) is 13.6 Å². The van der Waals surface area contributed by atoms with E-state index in [-0.39, 0.29) is 5.91 Å². The number of hydrogen-bond acceptors (Lipinski definition) is 2. The molecular weight excluding hydrogens is 212 g/mol. The maximum Gasteiger partial charge on any atom is 0.266 e. The Hall–Kier alpha value is -1.51. The predicted octanol–water partition coefficient (Wildman–Crippen LogP) is 2.53. The van der Waals surface area contributed by atoms with Crippen LogP contribution in [0.4, 0.5) is 0 Å². The van der Waals surface area contributed by atoms with E-state index in [4.69, 9.17) is 0 Å². The summed E-state index contributed by atoms with van der Waals surface area (Å²) in [5, 5.41) is 5.49. The summed E-state index contributed by atoms with van der Waals surface area (Å²) in [5.41, 5.74) is 3.07. The third-order valence-electron chi connectivity index (χ3n) is 2.36. The van der Waals surface area contributed by atoms with Crippen molar-refractivity contribution in [2.75, 3.05) is 13.6 Å². The summed E-state index contributed by atoms with van der Waals surface area (Å²) in [4.78, 5) is 11.1. The molecule has 0 aliphatic rings. The number of likely N-dealkylation sites (N-methyl/N-ethyl adjacent to an activating group) is 1. The van der Waals surface area contributed by atoms with Gasteiger partial charge in [-0.1, -0.05) is 29.9 Å². The first kappa shape index (κ1) is 15.5. The lowest BCUT2D eigenvalue weighted by atomic mass is 10.1. The van der Waals surface area contributed by atoms with Crippen LogP contribution in [-0.4, -0.2) is 19.5 Å². The molecule has 0 aromatic rings. The molecule has 0 atom stereocenters. The van der Waals surface area contributed by atoms with Crippen molar-refractivity contribution in [3.05, 3.63) is 35.6 Å². The molecule has 0 spiro atoms. The standard InChI is InChI=1S/C14H24N2O/c1-11(2)7-6-8-12(3)9-10-16-13(4)14(17)15-5/h7,9,16H,4,6,8,10H2,1-3,5H3,(H,15,17)/b12-9+. The van der Waals surface area contributed by atoms with Crippen LogP contribution in [0, 0.1) is 0 Å². The summed E-state index contributed by atoms with van der Waals surface area (Å²) in [6.07, 6.45) is 6.45. The van der Waals surface area contributed by atoms with Gasteiger partial charge in [-0.25, -0.2) is 0 Å². The van der Waals surface area contributed by atoms with Crippen LogP contribution in [0.5, 0.6) is 0 Å². The summed E-state index contributed by atoms with van der Waals surface area (Å²) < 4.78 is 0. The minimum Gasteiger partial charge on any atom is -0.378 e. The Kier molecular flexibility index (Phi) is 7.85. The molecule has 0 saturated heterocycles. The van der Waals surface area contributed by atoms with Crippen molar-refractivity contribution >= 4 is 5.91 Å². The van der Waals surface area contributed by atoms with Gasteiger partial charge in [-0.3, -0.25) is 4.79 Å². The van der Waals surface area contributed by atoms with Crippen LogP contribution in [0.15, 0.2) is 35.6 Å². The second kappa shape index (κ2) is 8.62. The quantitative estimate of drug-likeness (QED) is 0.527. The van der Waals surface area contributed by atoms with E-state index in [1.165, 1.54) is 11.1 Å². The zero-order valence-electron chi connectivity index (χ0n) is 11.4. The smallest absolute Gasteiger partial charge is 0.266 e. The Morgan fingerprint density at radius 2 is 1.88 bits per heavy atom. The van der Waals surface area contributed by atoms with Gasteiger partial charge in [0.15, 0.2) is 0 Å². The molecular formula is C14H24N2O. The predicted molar refractivity (Wildman–Crippen MR) is 73.6 cm³/mol. The fraction of sp³-hybridized carbons (Fsp3) is 0.500. The molecule has 0 aromatic carbocycles. The summed E-state index contributed by atoms with van der Waals surface area (Å²) in [7, 11) is 1.59. The second-order valence-electron chi connectivity index (χ2n) is 4.31. The molecule has 96 valence electrons. The van der Waals surface area contributed by atoms with E-state index < -0.39 is 0 Å². The number of hydrogen-bond donors (Lipinski definition) is 2. The lowest BCUT2D eigenvalue weighted by Crippen LogP contribution is -2.28. The van der Waals surface area contributed by atoms with Crippen molar-refractivity contribution in [3.8, 4) is 0 Å². The fourth-order valence-corrected chi connectivity index (χ4v) is 1.27. The highest BCUT2D eigenvalue weighted by Gasteiger charge is 2.00. The first-order valence-electron chi connectivity index (χ1n) is 5.91. The van der Waals surface area contributed by atoms with Crippen LogP contribution in [-0.2, 0) is 4.79 Å². The fourth-order valence-electron chi connectivity index (χ4n) is 1.27. The number of allylic oxidation sites excluding steroid dienone is 3. The average molecular weight is 236 g/mol. The minimum absolute atomic E-state index is 0.166. The SMILES string of the molecule is C=C(NC/C=C(\C)CCC=C(C)C)C(=O)NC. The molecule has 0 saturated carbocycles. The van der Waals surface area contributed by atoms with Gasteiger partial charge < -0.3 is 10.6 Å². The molecule has 3 nitrogen and oxygen atoms in total. The molecule has 0 aliphatic heterocycles. The third kappa shape index (κ3) is 8.31. The normalized spacial score (nSPS) is 10.7. The van der Waals surface area contributed by atoms with Gasteiger partial charge in [0.2, 0.25) is 0 Å². The van der Waals surface area contributed by atoms with Crippen molar-refractivity contribution in [2.24, 2.45) is 0 Å². The zero-order valence-corrected chi connectivity index (χ0v) is 11.4. The van der Waals surface area contributed by atoms with Crippen molar-refractivity contribution in [3.63, 3.8) is 0 Å². The zero-order chi connectivity index (χ0) is 13.3. The Labute approximate surface area is 105 Å². The highest BCUT2D eigenvalue weighted by atomic mass is 16.1. The summed E-state index contributed by atoms with van der Waals surface area (Å²) in [6.45, 7) is 10.6. The van der Waals surface area contributed by atoms with E-state index >= 15 is 0 Å². The lowest BCUT2D eigenvalue weighted by molar-refractivity contribution is -0.117. The molecule has 0 bridgehead atoms. The Bertz CT molecular complexity index is 323. The molecule has 0 fully saturated rings. The Morgan fingerprint density at radius 3 is 2.41 bits per heavy atom. The number of nitrogens with one attached hydrogen (secondary N) is 2. The number of amides is 1. The number of rotatable bonds is 7. The summed E-state index contributed by atoms with van der Waals surface area (Å²) in [6, 6.07) is 0. The maximum absolute atomic E-state index is 11.1. The second-order valence-corrected chi connectivity index (χ2v) is 4.31. The molecule has 2 N–H and O–H groups in total. The van der Waals surface area contributed by atoms with E-state index in [1.807, 2.05) is 0 Å². The lowest BCUT2D eigenvalue weighted by Gasteiger charge is -2.06. The highest BCUT2D eigenvalue weighted by Crippen LogP contribution is 2.05. The monoisotopic (exact) mass is 236 g/mol. The van der Waals surface area contributed by atoms with Gasteiger partial charge >= 0.3 is 0 Å². The molecule has 0 aliphatic carbocycles. The Morgan fingerprint density at radius 1 is 1.24 bits per heavy atom. The van der Waals surface area contributed by atoms with Crippen molar-refractivity contribution < 1.29 is 4.79 Å². The van der Waals surface area contributed by atoms with Gasteiger partial charge in [0.05, 0.1) is 5.70 Å². The largest absolute Gasteiger partial charge is 0.378 e. The van der Waals surface area contributed by atoms with Crippen LogP contribution in [0.3, 0.4) is 0 Å². The van der Waals surface area contributed by atoms with Gasteiger partial charge in [-0.2, -0.15) is 0 Å². The van der Waals surface area contributed by atoms with Crippen LogP contribution in [0.25, 0.3) is 0 Å². The van der Waals surface area contributed by atoms with Crippen LogP contribution in [0.1, 0.15) is 33.6 Å². The van der Waals surface area contributed by atoms with Gasteiger partial charge in [-0.15, -0.1) is 0 Å². The first-order valence-corrected chi connectivity index (χ1v) is 5.91. The van der Waals surface area contributed by atoms with E-state index in [1.54, 1.807) is 7.05 Å². The van der Waals surface area contributed by atoms with Gasteiger partial charge in [0.25, 0.3) is 5.91 Å². The number of carbonyl (C=O) groups is 1. The van der Waals surface area contributed by atoms with E-state index in [2.05, 4.69) is 50.1 Å². The number of carbonyl (C=O) groups excluding carboxylic acids is 1. The molecule has 0 radical (unpaired) electrons. The molecule has 1 amide bonds. The first-order chi connectivity index (χ1) is 7.97. The van der Waals surface area contributed by atoms with E-state index in [0.29, 0.717) is 12.2 Å². The van der Waals surface area contributed by atoms with Crippen LogP contribution < -0.4 is 10.6 Å². The van der Waals surface area contributed by atoms with E-state index in [0.717, 1.165) is 12.8 Å². The summed E-state index contributed by atoms with van der Waals surface area (Å²) in [5.74, 6) is -0.166. The molecule has 3 heteroatoms. The molecule has 0 unspecified atom stereocenters. The minimum atomic E-state index is -0.166.